The average molecular weight is 306 g/mol. The highest BCUT2D eigenvalue weighted by Crippen LogP contribution is 2.16. The van der Waals surface area contributed by atoms with E-state index in [1.54, 1.807) is 6.07 Å². The highest BCUT2D eigenvalue weighted by molar-refractivity contribution is 6.30. The molecule has 5 heteroatoms. The summed E-state index contributed by atoms with van der Waals surface area (Å²) in [6.45, 7) is 4.54. The molecule has 110 valence electrons. The van der Waals surface area contributed by atoms with Crippen molar-refractivity contribution in [3.05, 3.63) is 59.0 Å². The van der Waals surface area contributed by atoms with Crippen molar-refractivity contribution in [3.63, 3.8) is 0 Å². The Morgan fingerprint density at radius 1 is 1.00 bits per heavy atom. The van der Waals surface area contributed by atoms with Crippen LogP contribution in [0.4, 0.5) is 10.2 Å². The Morgan fingerprint density at radius 2 is 1.71 bits per heavy atom. The molecule has 0 spiro atoms. The van der Waals surface area contributed by atoms with E-state index in [1.807, 2.05) is 18.2 Å². The molecule has 2 heterocycles. The fourth-order valence-corrected chi connectivity index (χ4v) is 2.68. The number of aromatic nitrogens is 1. The number of benzene rings is 1. The molecule has 21 heavy (non-hydrogen) atoms. The van der Waals surface area contributed by atoms with Gasteiger partial charge in [-0.2, -0.15) is 4.39 Å². The van der Waals surface area contributed by atoms with Gasteiger partial charge in [-0.1, -0.05) is 29.8 Å². The highest BCUT2D eigenvalue weighted by atomic mass is 35.5. The number of piperazine rings is 1. The number of pyridine rings is 1. The van der Waals surface area contributed by atoms with Gasteiger partial charge in [-0.05, 0) is 29.8 Å². The van der Waals surface area contributed by atoms with Crippen molar-refractivity contribution < 1.29 is 4.39 Å². The lowest BCUT2D eigenvalue weighted by molar-refractivity contribution is 0.249. The Balaban J connectivity index is 1.56. The molecular weight excluding hydrogens is 289 g/mol. The lowest BCUT2D eigenvalue weighted by Gasteiger charge is -2.35. The van der Waals surface area contributed by atoms with E-state index in [0.29, 0.717) is 0 Å². The lowest BCUT2D eigenvalue weighted by Crippen LogP contribution is -2.46. The number of halogens is 2. The summed E-state index contributed by atoms with van der Waals surface area (Å²) in [5, 5.41) is 0.765. The van der Waals surface area contributed by atoms with E-state index in [9.17, 15) is 4.39 Å². The van der Waals surface area contributed by atoms with E-state index in [1.165, 1.54) is 11.6 Å². The fraction of sp³-hybridized carbons (Fsp3) is 0.312. The third-order valence-electron chi connectivity index (χ3n) is 3.72. The van der Waals surface area contributed by atoms with Gasteiger partial charge in [-0.3, -0.25) is 4.90 Å². The quantitative estimate of drug-likeness (QED) is 0.812. The summed E-state index contributed by atoms with van der Waals surface area (Å²) in [5.74, 6) is 0.303. The molecule has 0 aliphatic carbocycles. The molecule has 1 fully saturated rings. The third-order valence-corrected chi connectivity index (χ3v) is 3.97. The zero-order valence-corrected chi connectivity index (χ0v) is 12.4. The summed E-state index contributed by atoms with van der Waals surface area (Å²) in [6.07, 6.45) is 0. The van der Waals surface area contributed by atoms with Gasteiger partial charge in [0.25, 0.3) is 0 Å². The van der Waals surface area contributed by atoms with E-state index in [-0.39, 0.29) is 0 Å². The van der Waals surface area contributed by atoms with Crippen LogP contribution in [0.2, 0.25) is 5.02 Å². The second-order valence-corrected chi connectivity index (χ2v) is 5.64. The van der Waals surface area contributed by atoms with Crippen molar-refractivity contribution in [2.24, 2.45) is 0 Å². The van der Waals surface area contributed by atoms with Gasteiger partial charge >= 0.3 is 0 Å². The molecule has 1 aliphatic rings. The van der Waals surface area contributed by atoms with Crippen molar-refractivity contribution in [2.45, 2.75) is 6.54 Å². The molecule has 3 rings (SSSR count). The molecule has 1 saturated heterocycles. The molecular formula is C16H17ClFN3. The van der Waals surface area contributed by atoms with Crippen LogP contribution >= 0.6 is 11.6 Å². The van der Waals surface area contributed by atoms with Gasteiger partial charge in [0.15, 0.2) is 0 Å². The second kappa shape index (κ2) is 6.41. The zero-order chi connectivity index (χ0) is 14.7. The highest BCUT2D eigenvalue weighted by Gasteiger charge is 2.18. The molecule has 2 aromatic rings. The van der Waals surface area contributed by atoms with Crippen LogP contribution in [-0.4, -0.2) is 36.1 Å². The molecule has 1 aliphatic heterocycles. The first-order valence-corrected chi connectivity index (χ1v) is 7.43. The first-order chi connectivity index (χ1) is 10.2. The van der Waals surface area contributed by atoms with Crippen LogP contribution in [0.25, 0.3) is 0 Å². The van der Waals surface area contributed by atoms with Crippen LogP contribution in [0.3, 0.4) is 0 Å². The van der Waals surface area contributed by atoms with E-state index < -0.39 is 5.95 Å². The molecule has 0 radical (unpaired) electrons. The normalized spacial score (nSPS) is 16.2. The number of hydrogen-bond acceptors (Lipinski definition) is 3. The van der Waals surface area contributed by atoms with Crippen LogP contribution in [0, 0.1) is 5.95 Å². The summed E-state index contributed by atoms with van der Waals surface area (Å²) in [7, 11) is 0. The average Bonchev–Trinajstić information content (AvgIpc) is 2.50. The molecule has 1 aromatic carbocycles. The van der Waals surface area contributed by atoms with Crippen molar-refractivity contribution in [1.29, 1.82) is 0 Å². The predicted octanol–water partition coefficient (Wildman–Crippen LogP) is 3.20. The molecule has 1 aromatic heterocycles. The molecule has 0 unspecified atom stereocenters. The van der Waals surface area contributed by atoms with Crippen molar-refractivity contribution in [1.82, 2.24) is 9.88 Å². The van der Waals surface area contributed by atoms with Gasteiger partial charge in [0, 0.05) is 37.7 Å². The molecule has 0 bridgehead atoms. The van der Waals surface area contributed by atoms with Crippen LogP contribution in [0.1, 0.15) is 5.56 Å². The smallest absolute Gasteiger partial charge is 0.214 e. The topological polar surface area (TPSA) is 19.4 Å². The van der Waals surface area contributed by atoms with Crippen molar-refractivity contribution in [3.8, 4) is 0 Å². The first kappa shape index (κ1) is 14.3. The van der Waals surface area contributed by atoms with E-state index in [0.717, 1.165) is 43.6 Å². The number of nitrogens with zero attached hydrogens (tertiary/aromatic N) is 3. The maximum Gasteiger partial charge on any atom is 0.214 e. The summed E-state index contributed by atoms with van der Waals surface area (Å²) in [6, 6.07) is 12.9. The monoisotopic (exact) mass is 305 g/mol. The van der Waals surface area contributed by atoms with Crippen molar-refractivity contribution >= 4 is 17.4 Å². The molecule has 0 saturated carbocycles. The largest absolute Gasteiger partial charge is 0.354 e. The Bertz CT molecular complexity index is 595. The van der Waals surface area contributed by atoms with Crippen LogP contribution < -0.4 is 4.90 Å². The SMILES string of the molecule is Fc1cccc(N2CCN(Cc3ccc(Cl)cc3)CC2)n1. The standard InChI is InChI=1S/C16H17ClFN3/c17-14-6-4-13(5-7-14)12-20-8-10-21(11-9-20)16-3-1-2-15(18)19-16/h1-7H,8-12H2. The van der Waals surface area contributed by atoms with Crippen LogP contribution in [0.5, 0.6) is 0 Å². The van der Waals surface area contributed by atoms with Gasteiger partial charge in [-0.25, -0.2) is 4.98 Å². The van der Waals surface area contributed by atoms with Gasteiger partial charge < -0.3 is 4.90 Å². The Kier molecular flexibility index (Phi) is 4.36. The summed E-state index contributed by atoms with van der Waals surface area (Å²) in [4.78, 5) is 8.46. The van der Waals surface area contributed by atoms with Crippen LogP contribution in [0.15, 0.2) is 42.5 Å². The Labute approximate surface area is 129 Å². The summed E-state index contributed by atoms with van der Waals surface area (Å²) >= 11 is 5.90. The molecule has 3 nitrogen and oxygen atoms in total. The predicted molar refractivity (Wildman–Crippen MR) is 83.1 cm³/mol. The van der Waals surface area contributed by atoms with Crippen molar-refractivity contribution in [2.75, 3.05) is 31.1 Å². The van der Waals surface area contributed by atoms with Gasteiger partial charge in [-0.15, -0.1) is 0 Å². The minimum Gasteiger partial charge on any atom is -0.354 e. The van der Waals surface area contributed by atoms with E-state index in [2.05, 4.69) is 26.9 Å². The number of anilines is 1. The first-order valence-electron chi connectivity index (χ1n) is 7.05. The number of rotatable bonds is 3. The second-order valence-electron chi connectivity index (χ2n) is 5.21. The lowest BCUT2D eigenvalue weighted by atomic mass is 10.2. The van der Waals surface area contributed by atoms with E-state index in [4.69, 9.17) is 11.6 Å². The van der Waals surface area contributed by atoms with E-state index >= 15 is 0 Å². The maximum absolute atomic E-state index is 13.2. The molecule has 0 atom stereocenters. The molecule has 0 N–H and O–H groups in total. The molecule has 0 amide bonds. The Morgan fingerprint density at radius 3 is 2.38 bits per heavy atom. The zero-order valence-electron chi connectivity index (χ0n) is 11.7. The van der Waals surface area contributed by atoms with Gasteiger partial charge in [0.2, 0.25) is 5.95 Å². The van der Waals surface area contributed by atoms with Crippen LogP contribution in [-0.2, 0) is 6.54 Å². The fourth-order valence-electron chi connectivity index (χ4n) is 2.56. The minimum absolute atomic E-state index is 0.420. The maximum atomic E-state index is 13.2. The number of hydrogen-bond donors (Lipinski definition) is 0. The Hall–Kier alpha value is -1.65. The summed E-state index contributed by atoms with van der Waals surface area (Å²) in [5.41, 5.74) is 1.26. The van der Waals surface area contributed by atoms with Gasteiger partial charge in [0.05, 0.1) is 0 Å². The summed E-state index contributed by atoms with van der Waals surface area (Å²) < 4.78 is 13.2. The minimum atomic E-state index is -0.420. The third kappa shape index (κ3) is 3.71. The van der Waals surface area contributed by atoms with Gasteiger partial charge in [0.1, 0.15) is 5.82 Å².